The summed E-state index contributed by atoms with van der Waals surface area (Å²) in [6, 6.07) is 2.27. The number of carbonyl (C=O) groups is 1. The number of carboxylic acid groups (broad SMARTS) is 1. The predicted octanol–water partition coefficient (Wildman–Crippen LogP) is 2.02. The summed E-state index contributed by atoms with van der Waals surface area (Å²) >= 11 is 1.34. The molecule has 17 heavy (non-hydrogen) atoms. The van der Waals surface area contributed by atoms with E-state index in [4.69, 9.17) is 9.84 Å². The summed E-state index contributed by atoms with van der Waals surface area (Å²) in [5.41, 5.74) is 1.09. The lowest BCUT2D eigenvalue weighted by atomic mass is 9.89. The van der Waals surface area contributed by atoms with E-state index in [1.54, 1.807) is 13.2 Å². The molecule has 1 saturated carbocycles. The van der Waals surface area contributed by atoms with E-state index in [0.717, 1.165) is 29.8 Å². The Balaban J connectivity index is 1.85. The second-order valence-corrected chi connectivity index (χ2v) is 5.66. The molecule has 1 aliphatic rings. The molecule has 0 atom stereocenters. The Morgan fingerprint density at radius 3 is 2.88 bits per heavy atom. The van der Waals surface area contributed by atoms with Gasteiger partial charge in [0.05, 0.1) is 6.10 Å². The maximum Gasteiger partial charge on any atom is 0.345 e. The van der Waals surface area contributed by atoms with Crippen LogP contribution in [0.5, 0.6) is 0 Å². The number of hydrogen-bond donors (Lipinski definition) is 2. The van der Waals surface area contributed by atoms with Crippen molar-refractivity contribution in [2.75, 3.05) is 7.11 Å². The SMILES string of the molecule is COC1CC(NCc2cc(C(=O)O)sc2C)C1. The second-order valence-electron chi connectivity index (χ2n) is 4.40. The van der Waals surface area contributed by atoms with Crippen LogP contribution in [-0.2, 0) is 11.3 Å². The molecular weight excluding hydrogens is 238 g/mol. The zero-order valence-corrected chi connectivity index (χ0v) is 10.8. The summed E-state index contributed by atoms with van der Waals surface area (Å²) in [6.45, 7) is 2.71. The van der Waals surface area contributed by atoms with Crippen molar-refractivity contribution in [1.82, 2.24) is 5.32 Å². The number of thiophene rings is 1. The molecule has 1 heterocycles. The number of ether oxygens (including phenoxy) is 1. The third kappa shape index (κ3) is 2.86. The molecule has 1 aromatic rings. The highest BCUT2D eigenvalue weighted by molar-refractivity contribution is 7.14. The van der Waals surface area contributed by atoms with E-state index < -0.39 is 5.97 Å². The molecule has 2 rings (SSSR count). The van der Waals surface area contributed by atoms with Crippen molar-refractivity contribution < 1.29 is 14.6 Å². The van der Waals surface area contributed by atoms with Gasteiger partial charge in [0, 0.05) is 24.6 Å². The van der Waals surface area contributed by atoms with Gasteiger partial charge in [-0.1, -0.05) is 0 Å². The predicted molar refractivity (Wildman–Crippen MR) is 66.7 cm³/mol. The first kappa shape index (κ1) is 12.5. The molecule has 0 bridgehead atoms. The van der Waals surface area contributed by atoms with Gasteiger partial charge in [0.1, 0.15) is 4.88 Å². The molecule has 0 aromatic carbocycles. The Labute approximate surface area is 105 Å². The number of rotatable bonds is 5. The number of aryl methyl sites for hydroxylation is 1. The Kier molecular flexibility index (Phi) is 3.81. The number of carboxylic acids is 1. The standard InChI is InChI=1S/C12H17NO3S/c1-7-8(3-11(17-7)12(14)15)6-13-9-4-10(5-9)16-2/h3,9-10,13H,4-6H2,1-2H3,(H,14,15). The lowest BCUT2D eigenvalue weighted by Crippen LogP contribution is -2.44. The van der Waals surface area contributed by atoms with Crippen LogP contribution in [-0.4, -0.2) is 30.3 Å². The van der Waals surface area contributed by atoms with Crippen LogP contribution in [0.25, 0.3) is 0 Å². The zero-order chi connectivity index (χ0) is 12.4. The fraction of sp³-hybridized carbons (Fsp3) is 0.583. The molecule has 0 radical (unpaired) electrons. The smallest absolute Gasteiger partial charge is 0.345 e. The fourth-order valence-corrected chi connectivity index (χ4v) is 2.86. The summed E-state index contributed by atoms with van der Waals surface area (Å²) in [5.74, 6) is -0.840. The average molecular weight is 255 g/mol. The zero-order valence-electron chi connectivity index (χ0n) is 10.0. The molecular formula is C12H17NO3S. The monoisotopic (exact) mass is 255 g/mol. The Morgan fingerprint density at radius 1 is 1.65 bits per heavy atom. The van der Waals surface area contributed by atoms with Crippen LogP contribution in [0.4, 0.5) is 0 Å². The highest BCUT2D eigenvalue weighted by Crippen LogP contribution is 2.25. The normalized spacial score (nSPS) is 23.4. The van der Waals surface area contributed by atoms with Crippen LogP contribution in [0.15, 0.2) is 6.07 Å². The molecule has 4 nitrogen and oxygen atoms in total. The van der Waals surface area contributed by atoms with Gasteiger partial charge in [-0.05, 0) is 31.4 Å². The maximum absolute atomic E-state index is 10.8. The van der Waals surface area contributed by atoms with Crippen LogP contribution in [0.2, 0.25) is 0 Å². The van der Waals surface area contributed by atoms with Crippen molar-refractivity contribution in [1.29, 1.82) is 0 Å². The van der Waals surface area contributed by atoms with Crippen molar-refractivity contribution in [2.24, 2.45) is 0 Å². The largest absolute Gasteiger partial charge is 0.477 e. The van der Waals surface area contributed by atoms with Gasteiger partial charge in [-0.3, -0.25) is 0 Å². The molecule has 0 unspecified atom stereocenters. The molecule has 0 amide bonds. The minimum Gasteiger partial charge on any atom is -0.477 e. The minimum absolute atomic E-state index is 0.394. The van der Waals surface area contributed by atoms with E-state index >= 15 is 0 Å². The molecule has 1 aliphatic carbocycles. The Bertz CT molecular complexity index is 410. The highest BCUT2D eigenvalue weighted by atomic mass is 32.1. The van der Waals surface area contributed by atoms with E-state index in [0.29, 0.717) is 17.0 Å². The van der Waals surface area contributed by atoms with Crippen LogP contribution >= 0.6 is 11.3 Å². The van der Waals surface area contributed by atoms with Crippen LogP contribution in [0, 0.1) is 6.92 Å². The van der Waals surface area contributed by atoms with E-state index in [2.05, 4.69) is 5.32 Å². The molecule has 0 saturated heterocycles. The molecule has 1 aromatic heterocycles. The third-order valence-electron chi connectivity index (χ3n) is 3.24. The molecule has 5 heteroatoms. The van der Waals surface area contributed by atoms with E-state index in [-0.39, 0.29) is 0 Å². The topological polar surface area (TPSA) is 58.6 Å². The number of aromatic carboxylic acids is 1. The third-order valence-corrected chi connectivity index (χ3v) is 4.32. The van der Waals surface area contributed by atoms with Gasteiger partial charge in [-0.25, -0.2) is 4.79 Å². The van der Waals surface area contributed by atoms with Gasteiger partial charge < -0.3 is 15.2 Å². The first-order chi connectivity index (χ1) is 8.10. The molecule has 2 N–H and O–H groups in total. The van der Waals surface area contributed by atoms with E-state index in [1.165, 1.54) is 11.3 Å². The maximum atomic E-state index is 10.8. The first-order valence-corrected chi connectivity index (χ1v) is 6.50. The van der Waals surface area contributed by atoms with Gasteiger partial charge in [0.15, 0.2) is 0 Å². The fourth-order valence-electron chi connectivity index (χ4n) is 1.98. The lowest BCUT2D eigenvalue weighted by molar-refractivity contribution is 0.0170. The van der Waals surface area contributed by atoms with Crippen molar-refractivity contribution in [3.8, 4) is 0 Å². The van der Waals surface area contributed by atoms with E-state index in [1.807, 2.05) is 6.92 Å². The number of methoxy groups -OCH3 is 1. The second kappa shape index (κ2) is 5.16. The summed E-state index contributed by atoms with van der Waals surface area (Å²) in [4.78, 5) is 12.3. The van der Waals surface area contributed by atoms with Crippen molar-refractivity contribution >= 4 is 17.3 Å². The van der Waals surface area contributed by atoms with Gasteiger partial charge >= 0.3 is 5.97 Å². The van der Waals surface area contributed by atoms with Crippen LogP contribution in [0.1, 0.15) is 33.0 Å². The van der Waals surface area contributed by atoms with Crippen LogP contribution < -0.4 is 5.32 Å². The van der Waals surface area contributed by atoms with Crippen molar-refractivity contribution in [3.63, 3.8) is 0 Å². The highest BCUT2D eigenvalue weighted by Gasteiger charge is 2.28. The first-order valence-electron chi connectivity index (χ1n) is 5.69. The quantitative estimate of drug-likeness (QED) is 0.845. The van der Waals surface area contributed by atoms with Gasteiger partial charge in [0.25, 0.3) is 0 Å². The number of nitrogens with one attached hydrogen (secondary N) is 1. The van der Waals surface area contributed by atoms with Gasteiger partial charge in [-0.2, -0.15) is 0 Å². The van der Waals surface area contributed by atoms with Crippen LogP contribution in [0.3, 0.4) is 0 Å². The molecule has 1 fully saturated rings. The summed E-state index contributed by atoms with van der Waals surface area (Å²) in [6.07, 6.45) is 2.49. The van der Waals surface area contributed by atoms with Crippen molar-refractivity contribution in [3.05, 3.63) is 21.4 Å². The summed E-state index contributed by atoms with van der Waals surface area (Å²) in [7, 11) is 1.74. The molecule has 0 spiro atoms. The van der Waals surface area contributed by atoms with Gasteiger partial charge in [-0.15, -0.1) is 11.3 Å². The average Bonchev–Trinajstić information content (AvgIpc) is 2.58. The minimum atomic E-state index is -0.840. The van der Waals surface area contributed by atoms with E-state index in [9.17, 15) is 4.79 Å². The summed E-state index contributed by atoms with van der Waals surface area (Å²) < 4.78 is 5.21. The molecule has 0 aliphatic heterocycles. The Hall–Kier alpha value is -0.910. The lowest BCUT2D eigenvalue weighted by Gasteiger charge is -2.34. The van der Waals surface area contributed by atoms with Crippen molar-refractivity contribution in [2.45, 2.75) is 38.5 Å². The summed E-state index contributed by atoms with van der Waals surface area (Å²) in [5, 5.41) is 12.3. The Morgan fingerprint density at radius 2 is 2.35 bits per heavy atom. The molecule has 94 valence electrons. The van der Waals surface area contributed by atoms with Gasteiger partial charge in [0.2, 0.25) is 0 Å². The number of hydrogen-bond acceptors (Lipinski definition) is 4.